The molecule has 1 unspecified atom stereocenters. The number of hydrogen-bond donors (Lipinski definition) is 1. The molecular formula is C12H23N3. The molecule has 1 heterocycles. The molecule has 0 radical (unpaired) electrons. The molecule has 0 aromatic carbocycles. The molecule has 0 aromatic heterocycles. The van der Waals surface area contributed by atoms with Crippen molar-refractivity contribution in [3.8, 4) is 6.07 Å². The van der Waals surface area contributed by atoms with Gasteiger partial charge >= 0.3 is 0 Å². The topological polar surface area (TPSA) is 39.1 Å². The van der Waals surface area contributed by atoms with Crippen LogP contribution >= 0.6 is 0 Å². The Morgan fingerprint density at radius 1 is 1.53 bits per heavy atom. The van der Waals surface area contributed by atoms with E-state index in [4.69, 9.17) is 5.26 Å². The third-order valence-electron chi connectivity index (χ3n) is 2.90. The number of nitriles is 1. The van der Waals surface area contributed by atoms with Gasteiger partial charge in [-0.25, -0.2) is 0 Å². The van der Waals surface area contributed by atoms with Crippen LogP contribution in [0.2, 0.25) is 0 Å². The second kappa shape index (κ2) is 6.81. The highest BCUT2D eigenvalue weighted by Gasteiger charge is 2.20. The average molecular weight is 209 g/mol. The summed E-state index contributed by atoms with van der Waals surface area (Å²) in [5.41, 5.74) is 0. The van der Waals surface area contributed by atoms with Crippen molar-refractivity contribution in [2.24, 2.45) is 5.92 Å². The van der Waals surface area contributed by atoms with Crippen molar-refractivity contribution in [3.63, 3.8) is 0 Å². The lowest BCUT2D eigenvalue weighted by Gasteiger charge is -2.35. The van der Waals surface area contributed by atoms with Gasteiger partial charge in [0.1, 0.15) is 0 Å². The molecule has 0 saturated carbocycles. The Bertz CT molecular complexity index is 201. The maximum absolute atomic E-state index is 8.66. The molecule has 15 heavy (non-hydrogen) atoms. The van der Waals surface area contributed by atoms with Crippen molar-refractivity contribution >= 4 is 0 Å². The summed E-state index contributed by atoms with van der Waals surface area (Å²) in [4.78, 5) is 2.49. The predicted molar refractivity (Wildman–Crippen MR) is 62.5 cm³/mol. The molecule has 3 heteroatoms. The molecule has 1 fully saturated rings. The van der Waals surface area contributed by atoms with Gasteiger partial charge in [0.05, 0.1) is 6.07 Å². The summed E-state index contributed by atoms with van der Waals surface area (Å²) in [6.07, 6.45) is 3.21. The van der Waals surface area contributed by atoms with E-state index >= 15 is 0 Å². The summed E-state index contributed by atoms with van der Waals surface area (Å²) < 4.78 is 0. The second-order valence-electron chi connectivity index (χ2n) is 4.80. The van der Waals surface area contributed by atoms with Crippen LogP contribution in [0.5, 0.6) is 0 Å². The zero-order valence-electron chi connectivity index (χ0n) is 10.00. The fourth-order valence-corrected chi connectivity index (χ4v) is 2.23. The normalized spacial score (nSPS) is 21.9. The van der Waals surface area contributed by atoms with E-state index in [0.717, 1.165) is 26.2 Å². The number of nitrogens with one attached hydrogen (secondary N) is 1. The first kappa shape index (κ1) is 12.5. The third kappa shape index (κ3) is 4.63. The zero-order valence-corrected chi connectivity index (χ0v) is 10.00. The molecule has 1 rings (SSSR count). The first-order valence-electron chi connectivity index (χ1n) is 6.05. The molecule has 0 amide bonds. The summed E-state index contributed by atoms with van der Waals surface area (Å²) in [5.74, 6) is 0.686. The first-order valence-corrected chi connectivity index (χ1v) is 6.05. The van der Waals surface area contributed by atoms with Crippen LogP contribution < -0.4 is 5.32 Å². The van der Waals surface area contributed by atoms with E-state index in [9.17, 15) is 0 Å². The molecule has 0 aliphatic carbocycles. The van der Waals surface area contributed by atoms with E-state index in [0.29, 0.717) is 18.4 Å². The van der Waals surface area contributed by atoms with Gasteiger partial charge in [-0.1, -0.05) is 13.8 Å². The lowest BCUT2D eigenvalue weighted by atomic mass is 10.0. The summed E-state index contributed by atoms with van der Waals surface area (Å²) in [6.45, 7) is 8.79. The average Bonchev–Trinajstić information content (AvgIpc) is 2.25. The Labute approximate surface area is 93.5 Å². The Morgan fingerprint density at radius 2 is 2.33 bits per heavy atom. The third-order valence-corrected chi connectivity index (χ3v) is 2.90. The van der Waals surface area contributed by atoms with Crippen LogP contribution in [0.4, 0.5) is 0 Å². The van der Waals surface area contributed by atoms with Gasteiger partial charge in [-0.3, -0.25) is 4.90 Å². The van der Waals surface area contributed by atoms with Gasteiger partial charge in [-0.2, -0.15) is 5.26 Å². The molecule has 1 aliphatic heterocycles. The van der Waals surface area contributed by atoms with Crippen LogP contribution in [-0.4, -0.2) is 37.1 Å². The van der Waals surface area contributed by atoms with Gasteiger partial charge < -0.3 is 5.32 Å². The molecule has 3 nitrogen and oxygen atoms in total. The van der Waals surface area contributed by atoms with Gasteiger partial charge in [-0.15, -0.1) is 0 Å². The molecule has 1 aliphatic rings. The van der Waals surface area contributed by atoms with Crippen molar-refractivity contribution in [3.05, 3.63) is 0 Å². The van der Waals surface area contributed by atoms with Crippen molar-refractivity contribution in [1.82, 2.24) is 10.2 Å². The molecule has 1 atom stereocenters. The van der Waals surface area contributed by atoms with Gasteiger partial charge in [0.25, 0.3) is 0 Å². The fourth-order valence-electron chi connectivity index (χ4n) is 2.23. The first-order chi connectivity index (χ1) is 7.24. The van der Waals surface area contributed by atoms with E-state index in [1.54, 1.807) is 0 Å². The predicted octanol–water partition coefficient (Wildman–Crippen LogP) is 1.61. The molecule has 0 spiro atoms. The van der Waals surface area contributed by atoms with Crippen LogP contribution in [-0.2, 0) is 0 Å². The highest BCUT2D eigenvalue weighted by Crippen LogP contribution is 2.12. The van der Waals surface area contributed by atoms with E-state index in [1.807, 2.05) is 0 Å². The summed E-state index contributed by atoms with van der Waals surface area (Å²) in [7, 11) is 0. The Morgan fingerprint density at radius 3 is 2.87 bits per heavy atom. The number of hydrogen-bond acceptors (Lipinski definition) is 3. The van der Waals surface area contributed by atoms with Crippen molar-refractivity contribution < 1.29 is 0 Å². The maximum Gasteiger partial charge on any atom is 0.0635 e. The minimum atomic E-state index is 0.648. The SMILES string of the molecule is CC(C)CN(CCC#N)C1CCCNC1. The minimum Gasteiger partial charge on any atom is -0.315 e. The number of piperidine rings is 1. The van der Waals surface area contributed by atoms with Crippen molar-refractivity contribution in [2.75, 3.05) is 26.2 Å². The smallest absolute Gasteiger partial charge is 0.0635 e. The quantitative estimate of drug-likeness (QED) is 0.747. The van der Waals surface area contributed by atoms with Crippen molar-refractivity contribution in [2.45, 2.75) is 39.2 Å². The van der Waals surface area contributed by atoms with Crippen LogP contribution in [0, 0.1) is 17.2 Å². The van der Waals surface area contributed by atoms with Gasteiger partial charge in [0.15, 0.2) is 0 Å². The maximum atomic E-state index is 8.66. The molecule has 86 valence electrons. The van der Waals surface area contributed by atoms with E-state index in [1.165, 1.54) is 12.8 Å². The Kier molecular flexibility index (Phi) is 5.67. The lowest BCUT2D eigenvalue weighted by molar-refractivity contribution is 0.152. The van der Waals surface area contributed by atoms with Crippen LogP contribution in [0.1, 0.15) is 33.1 Å². The Hall–Kier alpha value is -0.590. The zero-order chi connectivity index (χ0) is 11.1. The van der Waals surface area contributed by atoms with Gasteiger partial charge in [0, 0.05) is 32.1 Å². The van der Waals surface area contributed by atoms with Gasteiger partial charge in [-0.05, 0) is 25.3 Å². The van der Waals surface area contributed by atoms with E-state index < -0.39 is 0 Å². The highest BCUT2D eigenvalue weighted by atomic mass is 15.2. The second-order valence-corrected chi connectivity index (χ2v) is 4.80. The lowest BCUT2D eigenvalue weighted by Crippen LogP contribution is -2.47. The van der Waals surface area contributed by atoms with Crippen LogP contribution in [0.3, 0.4) is 0 Å². The summed E-state index contributed by atoms with van der Waals surface area (Å²) in [6, 6.07) is 2.90. The molecular weight excluding hydrogens is 186 g/mol. The van der Waals surface area contributed by atoms with E-state index in [-0.39, 0.29) is 0 Å². The molecule has 0 bridgehead atoms. The highest BCUT2D eigenvalue weighted by molar-refractivity contribution is 4.81. The fraction of sp³-hybridized carbons (Fsp3) is 0.917. The van der Waals surface area contributed by atoms with Gasteiger partial charge in [0.2, 0.25) is 0 Å². The van der Waals surface area contributed by atoms with Crippen molar-refractivity contribution in [1.29, 1.82) is 5.26 Å². The minimum absolute atomic E-state index is 0.648. The summed E-state index contributed by atoms with van der Waals surface area (Å²) in [5, 5.41) is 12.1. The Balaban J connectivity index is 2.42. The monoisotopic (exact) mass is 209 g/mol. The molecule has 0 aromatic rings. The molecule has 1 saturated heterocycles. The largest absolute Gasteiger partial charge is 0.315 e. The standard InChI is InChI=1S/C12H23N3/c1-11(2)10-15(8-4-6-13)12-5-3-7-14-9-12/h11-12,14H,3-5,7-10H2,1-2H3. The molecule has 1 N–H and O–H groups in total. The summed E-state index contributed by atoms with van der Waals surface area (Å²) >= 11 is 0. The number of rotatable bonds is 5. The van der Waals surface area contributed by atoms with Crippen LogP contribution in [0.25, 0.3) is 0 Å². The van der Waals surface area contributed by atoms with E-state index in [2.05, 4.69) is 30.1 Å². The number of nitrogens with zero attached hydrogens (tertiary/aromatic N) is 2. The van der Waals surface area contributed by atoms with Crippen LogP contribution in [0.15, 0.2) is 0 Å².